The molecule has 0 heterocycles. The van der Waals surface area contributed by atoms with Crippen LogP contribution in [0.3, 0.4) is 0 Å². The van der Waals surface area contributed by atoms with E-state index in [1.54, 1.807) is 18.2 Å². The summed E-state index contributed by atoms with van der Waals surface area (Å²) in [7, 11) is 0. The Bertz CT molecular complexity index is 1090. The van der Waals surface area contributed by atoms with Gasteiger partial charge in [0, 0.05) is 24.2 Å². The lowest BCUT2D eigenvalue weighted by Gasteiger charge is -2.20. The fraction of sp³-hybridized carbons (Fsp3) is 0.310. The van der Waals surface area contributed by atoms with Crippen LogP contribution in [0.15, 0.2) is 72.8 Å². The van der Waals surface area contributed by atoms with Gasteiger partial charge in [0.25, 0.3) is 5.91 Å². The molecule has 3 N–H and O–H groups in total. The second-order valence-corrected chi connectivity index (χ2v) is 8.45. The smallest absolute Gasteiger partial charge is 0.251 e. The Morgan fingerprint density at radius 3 is 2.12 bits per heavy atom. The predicted molar refractivity (Wildman–Crippen MR) is 138 cm³/mol. The van der Waals surface area contributed by atoms with E-state index in [1.807, 2.05) is 30.3 Å². The second-order valence-electron chi connectivity index (χ2n) is 8.45. The second kappa shape index (κ2) is 12.7. The Morgan fingerprint density at radius 2 is 1.44 bits per heavy atom. The number of rotatable bonds is 12. The van der Waals surface area contributed by atoms with Gasteiger partial charge in [0.05, 0.1) is 0 Å². The summed E-state index contributed by atoms with van der Waals surface area (Å²) in [4.78, 5) is 27.7. The van der Waals surface area contributed by atoms with Crippen molar-refractivity contribution in [3.05, 3.63) is 106 Å². The van der Waals surface area contributed by atoms with E-state index in [9.17, 15) is 9.59 Å². The lowest BCUT2D eigenvalue weighted by molar-refractivity contribution is 0.0949. The summed E-state index contributed by atoms with van der Waals surface area (Å²) in [6.07, 6.45) is 2.30. The number of hydrogen-bond acceptors (Lipinski definition) is 3. The Hall–Kier alpha value is -3.44. The first kappa shape index (κ1) is 25.2. The summed E-state index contributed by atoms with van der Waals surface area (Å²) in [5.74, 6) is -0.690. The van der Waals surface area contributed by atoms with Crippen LogP contribution in [0.4, 0.5) is 0 Å². The third kappa shape index (κ3) is 6.78. The number of nitrogens with zero attached hydrogens (tertiary/aromatic N) is 1. The highest BCUT2D eigenvalue weighted by Gasteiger charge is 2.18. The van der Waals surface area contributed by atoms with Crippen molar-refractivity contribution in [1.29, 1.82) is 0 Å². The van der Waals surface area contributed by atoms with Gasteiger partial charge in [-0.1, -0.05) is 74.5 Å². The summed E-state index contributed by atoms with van der Waals surface area (Å²) in [5, 5.41) is 3.07. The highest BCUT2D eigenvalue weighted by molar-refractivity contribution is 6.01. The van der Waals surface area contributed by atoms with Gasteiger partial charge < -0.3 is 11.1 Å². The zero-order chi connectivity index (χ0) is 24.3. The molecule has 5 nitrogen and oxygen atoms in total. The topological polar surface area (TPSA) is 75.4 Å². The monoisotopic (exact) mass is 457 g/mol. The van der Waals surface area contributed by atoms with Gasteiger partial charge in [0.1, 0.15) is 0 Å². The van der Waals surface area contributed by atoms with E-state index in [2.05, 4.69) is 48.3 Å². The Labute approximate surface area is 203 Å². The molecule has 0 aliphatic rings. The number of aryl methyl sites for hydroxylation is 1. The lowest BCUT2D eigenvalue weighted by Crippen LogP contribution is -2.27. The van der Waals surface area contributed by atoms with Crippen LogP contribution in [0.2, 0.25) is 0 Å². The Kier molecular flexibility index (Phi) is 9.41. The lowest BCUT2D eigenvalue weighted by atomic mass is 9.94. The number of nitrogens with two attached hydrogens (primary N) is 1. The normalized spacial score (nSPS) is 10.9. The molecule has 0 radical (unpaired) electrons. The summed E-state index contributed by atoms with van der Waals surface area (Å²) >= 11 is 0. The van der Waals surface area contributed by atoms with Crippen molar-refractivity contribution >= 4 is 11.8 Å². The van der Waals surface area contributed by atoms with Crippen molar-refractivity contribution in [2.45, 2.75) is 46.2 Å². The van der Waals surface area contributed by atoms with Crippen LogP contribution in [0.5, 0.6) is 0 Å². The van der Waals surface area contributed by atoms with Crippen LogP contribution in [0.25, 0.3) is 0 Å². The maximum absolute atomic E-state index is 13.2. The van der Waals surface area contributed by atoms with Gasteiger partial charge in [0.2, 0.25) is 5.91 Å². The van der Waals surface area contributed by atoms with Gasteiger partial charge in [-0.3, -0.25) is 14.5 Å². The minimum absolute atomic E-state index is 0.185. The molecule has 0 atom stereocenters. The first-order valence-electron chi connectivity index (χ1n) is 12.1. The van der Waals surface area contributed by atoms with Gasteiger partial charge in [0.15, 0.2) is 0 Å². The Morgan fingerprint density at radius 1 is 0.794 bits per heavy atom. The SMILES string of the molecule is CCN(CC)Cc1ccccc1CNC(=O)c1cccc(C(N)=O)c1CCCc1ccccc1. The van der Waals surface area contributed by atoms with E-state index in [0.717, 1.165) is 43.6 Å². The first-order valence-corrected chi connectivity index (χ1v) is 12.1. The van der Waals surface area contributed by atoms with Gasteiger partial charge in [-0.25, -0.2) is 0 Å². The molecule has 0 aliphatic carbocycles. The van der Waals surface area contributed by atoms with Gasteiger partial charge in [-0.05, 0) is 66.7 Å². The minimum Gasteiger partial charge on any atom is -0.366 e. The maximum Gasteiger partial charge on any atom is 0.251 e. The number of nitrogens with one attached hydrogen (secondary N) is 1. The zero-order valence-electron chi connectivity index (χ0n) is 20.2. The molecule has 3 aromatic carbocycles. The highest BCUT2D eigenvalue weighted by Crippen LogP contribution is 2.19. The Balaban J connectivity index is 1.74. The van der Waals surface area contributed by atoms with Gasteiger partial charge >= 0.3 is 0 Å². The summed E-state index contributed by atoms with van der Waals surface area (Å²) in [6, 6.07) is 23.6. The van der Waals surface area contributed by atoms with Crippen LogP contribution in [-0.2, 0) is 25.9 Å². The summed E-state index contributed by atoms with van der Waals surface area (Å²) < 4.78 is 0. The molecule has 5 heteroatoms. The van der Waals surface area contributed by atoms with Crippen LogP contribution >= 0.6 is 0 Å². The van der Waals surface area contributed by atoms with Gasteiger partial charge in [-0.15, -0.1) is 0 Å². The third-order valence-corrected chi connectivity index (χ3v) is 6.27. The number of amides is 2. The van der Waals surface area contributed by atoms with Crippen molar-refractivity contribution in [1.82, 2.24) is 10.2 Å². The molecule has 0 fully saturated rings. The molecule has 178 valence electrons. The molecule has 34 heavy (non-hydrogen) atoms. The van der Waals surface area contributed by atoms with E-state index in [4.69, 9.17) is 5.73 Å². The largest absolute Gasteiger partial charge is 0.366 e. The molecule has 3 aromatic rings. The van der Waals surface area contributed by atoms with E-state index < -0.39 is 5.91 Å². The quantitative estimate of drug-likeness (QED) is 0.413. The molecule has 0 saturated heterocycles. The van der Waals surface area contributed by atoms with Crippen molar-refractivity contribution < 1.29 is 9.59 Å². The zero-order valence-corrected chi connectivity index (χ0v) is 20.2. The highest BCUT2D eigenvalue weighted by atomic mass is 16.2. The summed E-state index contributed by atoms with van der Waals surface area (Å²) in [6.45, 7) is 7.53. The molecule has 2 amide bonds. The van der Waals surface area contributed by atoms with E-state index in [1.165, 1.54) is 11.1 Å². The van der Waals surface area contributed by atoms with Crippen molar-refractivity contribution in [3.63, 3.8) is 0 Å². The molecule has 0 saturated carbocycles. The minimum atomic E-state index is -0.506. The predicted octanol–water partition coefficient (Wildman–Crippen LogP) is 4.73. The fourth-order valence-electron chi connectivity index (χ4n) is 4.26. The first-order chi connectivity index (χ1) is 16.5. The van der Waals surface area contributed by atoms with Crippen LogP contribution in [0, 0.1) is 0 Å². The average molecular weight is 458 g/mol. The fourth-order valence-corrected chi connectivity index (χ4v) is 4.26. The number of benzene rings is 3. The average Bonchev–Trinajstić information content (AvgIpc) is 2.87. The van der Waals surface area contributed by atoms with Crippen molar-refractivity contribution in [3.8, 4) is 0 Å². The van der Waals surface area contributed by atoms with E-state index in [-0.39, 0.29) is 5.91 Å². The number of hydrogen-bond donors (Lipinski definition) is 2. The third-order valence-electron chi connectivity index (χ3n) is 6.27. The standard InChI is InChI=1S/C29H35N3O2/c1-3-32(4-2)21-24-16-9-8-15-23(24)20-31-29(34)27-19-11-18-26(28(30)33)25(27)17-10-14-22-12-6-5-7-13-22/h5-9,11-13,15-16,18-19H,3-4,10,14,17,20-21H2,1-2H3,(H2,30,33)(H,31,34). The van der Waals surface area contributed by atoms with Crippen molar-refractivity contribution in [2.75, 3.05) is 13.1 Å². The molecule has 0 spiro atoms. The van der Waals surface area contributed by atoms with E-state index in [0.29, 0.717) is 24.1 Å². The maximum atomic E-state index is 13.2. The van der Waals surface area contributed by atoms with Crippen LogP contribution in [0.1, 0.15) is 63.2 Å². The van der Waals surface area contributed by atoms with Crippen LogP contribution < -0.4 is 11.1 Å². The molecule has 0 unspecified atom stereocenters. The van der Waals surface area contributed by atoms with Gasteiger partial charge in [-0.2, -0.15) is 0 Å². The molecule has 3 rings (SSSR count). The van der Waals surface area contributed by atoms with Crippen molar-refractivity contribution in [2.24, 2.45) is 5.73 Å². The number of carbonyl (C=O) groups excluding carboxylic acids is 2. The molecule has 0 aromatic heterocycles. The molecular formula is C29H35N3O2. The number of primary amides is 1. The summed E-state index contributed by atoms with van der Waals surface area (Å²) in [5.41, 5.74) is 10.8. The molecule has 0 bridgehead atoms. The molecule has 0 aliphatic heterocycles. The number of carbonyl (C=O) groups is 2. The van der Waals surface area contributed by atoms with E-state index >= 15 is 0 Å². The van der Waals surface area contributed by atoms with Crippen LogP contribution in [-0.4, -0.2) is 29.8 Å². The molecular weight excluding hydrogens is 422 g/mol.